The van der Waals surface area contributed by atoms with Crippen molar-refractivity contribution in [1.82, 2.24) is 15.1 Å². The number of amides is 1. The second kappa shape index (κ2) is 7.31. The summed E-state index contributed by atoms with van der Waals surface area (Å²) in [5, 5.41) is 6.79. The molecule has 1 N–H and O–H groups in total. The number of carbonyl (C=O) groups is 1. The third-order valence-corrected chi connectivity index (χ3v) is 4.10. The topological polar surface area (TPSA) is 64.0 Å². The Balaban J connectivity index is 1.91. The monoisotopic (exact) mass is 351 g/mol. The van der Waals surface area contributed by atoms with Crippen LogP contribution in [0.25, 0.3) is 5.69 Å². The minimum atomic E-state index is -0.594. The molecule has 0 saturated carbocycles. The van der Waals surface area contributed by atoms with Gasteiger partial charge in [0.05, 0.1) is 0 Å². The van der Waals surface area contributed by atoms with Gasteiger partial charge in [-0.3, -0.25) is 9.59 Å². The molecular formula is C20H18FN3O2. The number of halogens is 1. The molecule has 132 valence electrons. The maximum atomic E-state index is 14.1. The quantitative estimate of drug-likeness (QED) is 0.786. The van der Waals surface area contributed by atoms with Crippen LogP contribution in [-0.4, -0.2) is 15.7 Å². The number of nitrogens with zero attached hydrogens (tertiary/aromatic N) is 2. The number of carbonyl (C=O) groups excluding carboxylic acids is 1. The van der Waals surface area contributed by atoms with E-state index in [0.717, 1.165) is 11.1 Å². The molecule has 0 spiro atoms. The van der Waals surface area contributed by atoms with E-state index in [1.54, 1.807) is 19.1 Å². The predicted molar refractivity (Wildman–Crippen MR) is 96.9 cm³/mol. The van der Waals surface area contributed by atoms with Crippen molar-refractivity contribution in [2.45, 2.75) is 20.4 Å². The maximum absolute atomic E-state index is 14.1. The summed E-state index contributed by atoms with van der Waals surface area (Å²) in [5.41, 5.74) is 1.83. The lowest BCUT2D eigenvalue weighted by molar-refractivity contribution is 0.0943. The van der Waals surface area contributed by atoms with Crippen molar-refractivity contribution < 1.29 is 9.18 Å². The van der Waals surface area contributed by atoms with Gasteiger partial charge in [0.1, 0.15) is 11.5 Å². The molecule has 0 radical (unpaired) electrons. The van der Waals surface area contributed by atoms with E-state index in [4.69, 9.17) is 0 Å². The first kappa shape index (κ1) is 17.5. The van der Waals surface area contributed by atoms with Crippen LogP contribution in [0, 0.1) is 19.7 Å². The molecule has 0 saturated heterocycles. The summed E-state index contributed by atoms with van der Waals surface area (Å²) >= 11 is 0. The Labute approximate surface area is 150 Å². The van der Waals surface area contributed by atoms with Crippen LogP contribution in [0.2, 0.25) is 0 Å². The highest BCUT2D eigenvalue weighted by Gasteiger charge is 2.16. The standard InChI is InChI=1S/C20H18FN3O2/c1-13-7-3-4-8-15(13)12-22-20(26)19-18(25)11-14(2)24(23-19)17-10-6-5-9-16(17)21/h3-11H,12H2,1-2H3,(H,22,26). The van der Waals surface area contributed by atoms with Crippen molar-refractivity contribution in [2.24, 2.45) is 0 Å². The van der Waals surface area contributed by atoms with Gasteiger partial charge in [0, 0.05) is 18.3 Å². The van der Waals surface area contributed by atoms with Crippen molar-refractivity contribution in [3.05, 3.63) is 93.2 Å². The largest absolute Gasteiger partial charge is 0.346 e. The van der Waals surface area contributed by atoms with Crippen LogP contribution in [0.1, 0.15) is 27.3 Å². The molecule has 0 aliphatic rings. The summed E-state index contributed by atoms with van der Waals surface area (Å²) in [6.07, 6.45) is 0. The van der Waals surface area contributed by atoms with Gasteiger partial charge in [-0.1, -0.05) is 36.4 Å². The first-order valence-corrected chi connectivity index (χ1v) is 8.16. The smallest absolute Gasteiger partial charge is 0.276 e. The van der Waals surface area contributed by atoms with Crippen LogP contribution in [0.4, 0.5) is 4.39 Å². The average Bonchev–Trinajstić information content (AvgIpc) is 2.62. The van der Waals surface area contributed by atoms with Gasteiger partial charge in [-0.2, -0.15) is 5.10 Å². The molecule has 1 amide bonds. The van der Waals surface area contributed by atoms with Crippen LogP contribution in [0.5, 0.6) is 0 Å². The zero-order chi connectivity index (χ0) is 18.7. The molecule has 0 aliphatic carbocycles. The summed E-state index contributed by atoms with van der Waals surface area (Å²) < 4.78 is 15.3. The zero-order valence-corrected chi connectivity index (χ0v) is 14.5. The number of aryl methyl sites for hydroxylation is 2. The molecule has 0 bridgehead atoms. The van der Waals surface area contributed by atoms with E-state index in [1.807, 2.05) is 31.2 Å². The highest BCUT2D eigenvalue weighted by molar-refractivity contribution is 5.92. The number of rotatable bonds is 4. The molecule has 3 rings (SSSR count). The summed E-state index contributed by atoms with van der Waals surface area (Å²) in [7, 11) is 0. The van der Waals surface area contributed by atoms with Crippen LogP contribution in [0.3, 0.4) is 0 Å². The summed E-state index contributed by atoms with van der Waals surface area (Å²) in [5.74, 6) is -1.08. The predicted octanol–water partition coefficient (Wildman–Crippen LogP) is 2.92. The van der Waals surface area contributed by atoms with E-state index in [0.29, 0.717) is 5.69 Å². The third-order valence-electron chi connectivity index (χ3n) is 4.10. The number of aromatic nitrogens is 2. The first-order valence-electron chi connectivity index (χ1n) is 8.16. The Morgan fingerprint density at radius 1 is 1.12 bits per heavy atom. The fourth-order valence-corrected chi connectivity index (χ4v) is 2.64. The SMILES string of the molecule is Cc1ccccc1CNC(=O)c1nn(-c2ccccc2F)c(C)cc1=O. The van der Waals surface area contributed by atoms with Crippen molar-refractivity contribution in [3.63, 3.8) is 0 Å². The Morgan fingerprint density at radius 2 is 1.81 bits per heavy atom. The Hall–Kier alpha value is -3.28. The number of para-hydroxylation sites is 1. The lowest BCUT2D eigenvalue weighted by Crippen LogP contribution is -2.32. The minimum absolute atomic E-state index is 0.179. The van der Waals surface area contributed by atoms with Gasteiger partial charge in [-0.05, 0) is 37.1 Å². The molecule has 0 unspecified atom stereocenters. The van der Waals surface area contributed by atoms with Gasteiger partial charge in [-0.25, -0.2) is 9.07 Å². The maximum Gasteiger partial charge on any atom is 0.276 e. The molecule has 2 aromatic carbocycles. The van der Waals surface area contributed by atoms with Crippen molar-refractivity contribution in [3.8, 4) is 5.69 Å². The molecule has 3 aromatic rings. The van der Waals surface area contributed by atoms with Gasteiger partial charge in [0.25, 0.3) is 5.91 Å². The Kier molecular flexibility index (Phi) is 4.93. The second-order valence-electron chi connectivity index (χ2n) is 5.97. The number of nitrogens with one attached hydrogen (secondary N) is 1. The van der Waals surface area contributed by atoms with Crippen LogP contribution < -0.4 is 10.7 Å². The molecule has 0 atom stereocenters. The highest BCUT2D eigenvalue weighted by Crippen LogP contribution is 2.13. The summed E-state index contributed by atoms with van der Waals surface area (Å²) in [6, 6.07) is 15.0. The molecule has 5 nitrogen and oxygen atoms in total. The van der Waals surface area contributed by atoms with Crippen molar-refractivity contribution >= 4 is 5.91 Å². The van der Waals surface area contributed by atoms with Gasteiger partial charge in [0.15, 0.2) is 5.69 Å². The van der Waals surface area contributed by atoms with Crippen LogP contribution >= 0.6 is 0 Å². The van der Waals surface area contributed by atoms with Crippen LogP contribution in [0.15, 0.2) is 59.4 Å². The Morgan fingerprint density at radius 3 is 2.54 bits per heavy atom. The number of benzene rings is 2. The van der Waals surface area contributed by atoms with E-state index in [2.05, 4.69) is 10.4 Å². The molecule has 0 fully saturated rings. The summed E-state index contributed by atoms with van der Waals surface area (Å²) in [4.78, 5) is 24.6. The highest BCUT2D eigenvalue weighted by atomic mass is 19.1. The van der Waals surface area contributed by atoms with Gasteiger partial charge >= 0.3 is 0 Å². The van der Waals surface area contributed by atoms with Crippen molar-refractivity contribution in [2.75, 3.05) is 0 Å². The van der Waals surface area contributed by atoms with Gasteiger partial charge in [0.2, 0.25) is 5.43 Å². The van der Waals surface area contributed by atoms with E-state index in [-0.39, 0.29) is 17.9 Å². The lowest BCUT2D eigenvalue weighted by atomic mass is 10.1. The molecule has 1 aromatic heterocycles. The van der Waals surface area contributed by atoms with E-state index in [1.165, 1.54) is 22.9 Å². The summed E-state index contributed by atoms with van der Waals surface area (Å²) in [6.45, 7) is 3.85. The molecule has 6 heteroatoms. The zero-order valence-electron chi connectivity index (χ0n) is 14.5. The fraction of sp³-hybridized carbons (Fsp3) is 0.150. The molecule has 0 aliphatic heterocycles. The third kappa shape index (κ3) is 3.54. The van der Waals surface area contributed by atoms with E-state index in [9.17, 15) is 14.0 Å². The second-order valence-corrected chi connectivity index (χ2v) is 5.97. The first-order chi connectivity index (χ1) is 12.5. The fourth-order valence-electron chi connectivity index (χ4n) is 2.64. The van der Waals surface area contributed by atoms with Crippen molar-refractivity contribution in [1.29, 1.82) is 0 Å². The molecule has 26 heavy (non-hydrogen) atoms. The Bertz CT molecular complexity index is 1030. The van der Waals surface area contributed by atoms with Gasteiger partial charge < -0.3 is 5.32 Å². The van der Waals surface area contributed by atoms with Crippen LogP contribution in [-0.2, 0) is 6.54 Å². The van der Waals surface area contributed by atoms with E-state index < -0.39 is 17.2 Å². The molecule has 1 heterocycles. The van der Waals surface area contributed by atoms with E-state index >= 15 is 0 Å². The minimum Gasteiger partial charge on any atom is -0.346 e. The normalized spacial score (nSPS) is 10.6. The lowest BCUT2D eigenvalue weighted by Gasteiger charge is -2.12. The number of hydrogen-bond acceptors (Lipinski definition) is 3. The van der Waals surface area contributed by atoms with Gasteiger partial charge in [-0.15, -0.1) is 0 Å². The number of hydrogen-bond donors (Lipinski definition) is 1. The molecular weight excluding hydrogens is 333 g/mol. The average molecular weight is 351 g/mol.